The summed E-state index contributed by atoms with van der Waals surface area (Å²) in [6, 6.07) is 10.5. The zero-order valence-corrected chi connectivity index (χ0v) is 17.6. The van der Waals surface area contributed by atoms with Gasteiger partial charge in [0.1, 0.15) is 23.5 Å². The van der Waals surface area contributed by atoms with Crippen LogP contribution in [0.4, 0.5) is 10.2 Å². The first kappa shape index (κ1) is 20.1. The van der Waals surface area contributed by atoms with Crippen LogP contribution in [0, 0.1) is 5.82 Å². The van der Waals surface area contributed by atoms with E-state index >= 15 is 0 Å². The fraction of sp³-hybridized carbons (Fsp3) is 0.136. The van der Waals surface area contributed by atoms with E-state index in [0.717, 1.165) is 0 Å². The lowest BCUT2D eigenvalue weighted by Gasteiger charge is -2.22. The van der Waals surface area contributed by atoms with E-state index in [1.807, 2.05) is 6.92 Å². The number of halogens is 2. The smallest absolute Gasteiger partial charge is 0.266 e. The molecular formula is C22H17ClFN7O. The Hall–Kier alpha value is -3.85. The topological polar surface area (TPSA) is 101 Å². The van der Waals surface area contributed by atoms with Crippen molar-refractivity contribution in [3.63, 3.8) is 0 Å². The average Bonchev–Trinajstić information content (AvgIpc) is 3.27. The molecule has 0 aliphatic rings. The first-order chi connectivity index (χ1) is 15.5. The zero-order chi connectivity index (χ0) is 22.2. The fourth-order valence-electron chi connectivity index (χ4n) is 3.66. The van der Waals surface area contributed by atoms with Crippen LogP contribution in [0.5, 0.6) is 0 Å². The summed E-state index contributed by atoms with van der Waals surface area (Å²) in [4.78, 5) is 33.9. The van der Waals surface area contributed by atoms with Crippen molar-refractivity contribution in [2.45, 2.75) is 19.4 Å². The SMILES string of the molecule is CC[C@@H](Nc1ncnc2[nH]cnc12)c1nc2ccc(F)cc2c(=O)n1-c1cccc(Cl)c1. The number of fused-ring (bicyclic) bond motifs is 2. The van der Waals surface area contributed by atoms with Gasteiger partial charge in [0, 0.05) is 5.02 Å². The number of nitrogens with zero attached hydrogens (tertiary/aromatic N) is 5. The summed E-state index contributed by atoms with van der Waals surface area (Å²) in [6.45, 7) is 1.96. The lowest BCUT2D eigenvalue weighted by molar-refractivity contribution is 0.628. The minimum absolute atomic E-state index is 0.181. The Morgan fingerprint density at radius 3 is 2.88 bits per heavy atom. The molecule has 1 atom stereocenters. The summed E-state index contributed by atoms with van der Waals surface area (Å²) >= 11 is 6.20. The fourth-order valence-corrected chi connectivity index (χ4v) is 3.84. The van der Waals surface area contributed by atoms with E-state index in [4.69, 9.17) is 16.6 Å². The van der Waals surface area contributed by atoms with Gasteiger partial charge in [-0.15, -0.1) is 0 Å². The quantitative estimate of drug-likeness (QED) is 0.412. The van der Waals surface area contributed by atoms with Crippen LogP contribution in [0.2, 0.25) is 5.02 Å². The summed E-state index contributed by atoms with van der Waals surface area (Å²) < 4.78 is 15.4. The third-order valence-electron chi connectivity index (χ3n) is 5.17. The molecule has 5 rings (SSSR count). The Morgan fingerprint density at radius 1 is 1.19 bits per heavy atom. The third kappa shape index (κ3) is 3.46. The molecule has 0 spiro atoms. The van der Waals surface area contributed by atoms with Crippen LogP contribution in [-0.2, 0) is 0 Å². The van der Waals surface area contributed by atoms with Crippen LogP contribution in [0.3, 0.4) is 0 Å². The van der Waals surface area contributed by atoms with Crippen LogP contribution in [0.25, 0.3) is 27.8 Å². The predicted octanol–water partition coefficient (Wildman–Crippen LogP) is 4.41. The standard InChI is InChI=1S/C22H17ClFN7O/c1-2-16(29-20-18-19(26-10-25-18)27-11-28-20)21-30-17-7-6-13(24)9-15(17)22(32)31(21)14-5-3-4-12(23)8-14/h3-11,16H,2H2,1H3,(H2,25,26,27,28,29)/t16-/m1/s1. The van der Waals surface area contributed by atoms with Crippen molar-refractivity contribution in [2.24, 2.45) is 0 Å². The number of imidazole rings is 1. The van der Waals surface area contributed by atoms with Gasteiger partial charge in [-0.2, -0.15) is 0 Å². The number of nitrogens with one attached hydrogen (secondary N) is 2. The van der Waals surface area contributed by atoms with E-state index in [2.05, 4.69) is 25.3 Å². The van der Waals surface area contributed by atoms with Crippen molar-refractivity contribution in [3.8, 4) is 5.69 Å². The van der Waals surface area contributed by atoms with Crippen molar-refractivity contribution in [3.05, 3.63) is 82.1 Å². The van der Waals surface area contributed by atoms with E-state index in [1.165, 1.54) is 35.4 Å². The molecule has 0 saturated heterocycles. The van der Waals surface area contributed by atoms with Crippen LogP contribution >= 0.6 is 11.6 Å². The molecule has 2 aromatic carbocycles. The molecule has 10 heteroatoms. The Bertz CT molecular complexity index is 1510. The van der Waals surface area contributed by atoms with Crippen molar-refractivity contribution < 1.29 is 4.39 Å². The van der Waals surface area contributed by atoms with Gasteiger partial charge in [-0.05, 0) is 42.8 Å². The maximum Gasteiger partial charge on any atom is 0.266 e. The van der Waals surface area contributed by atoms with Crippen molar-refractivity contribution in [1.82, 2.24) is 29.5 Å². The third-order valence-corrected chi connectivity index (χ3v) is 5.41. The van der Waals surface area contributed by atoms with Crippen LogP contribution in [0.15, 0.2) is 59.9 Å². The molecule has 0 radical (unpaired) electrons. The van der Waals surface area contributed by atoms with Gasteiger partial charge in [0.2, 0.25) is 0 Å². The Labute approximate surface area is 186 Å². The van der Waals surface area contributed by atoms with Crippen LogP contribution < -0.4 is 10.9 Å². The van der Waals surface area contributed by atoms with Crippen LogP contribution in [0.1, 0.15) is 25.2 Å². The Balaban J connectivity index is 1.74. The van der Waals surface area contributed by atoms with Crippen molar-refractivity contribution >= 4 is 39.5 Å². The van der Waals surface area contributed by atoms with Crippen LogP contribution in [-0.4, -0.2) is 29.5 Å². The van der Waals surface area contributed by atoms with Gasteiger partial charge in [-0.25, -0.2) is 24.3 Å². The van der Waals surface area contributed by atoms with E-state index in [1.54, 1.807) is 24.3 Å². The maximum absolute atomic E-state index is 13.9. The second-order valence-corrected chi connectivity index (χ2v) is 7.62. The normalized spacial score (nSPS) is 12.3. The number of H-pyrrole nitrogens is 1. The molecule has 0 fully saturated rings. The zero-order valence-electron chi connectivity index (χ0n) is 16.9. The summed E-state index contributed by atoms with van der Waals surface area (Å²) in [7, 11) is 0. The Kier molecular flexibility index (Phi) is 5.02. The van der Waals surface area contributed by atoms with Gasteiger partial charge in [0.25, 0.3) is 5.56 Å². The monoisotopic (exact) mass is 449 g/mol. The molecule has 3 aromatic heterocycles. The highest BCUT2D eigenvalue weighted by atomic mass is 35.5. The second-order valence-electron chi connectivity index (χ2n) is 7.18. The van der Waals surface area contributed by atoms with E-state index in [-0.39, 0.29) is 10.9 Å². The average molecular weight is 450 g/mol. The number of benzene rings is 2. The van der Waals surface area contributed by atoms with E-state index in [0.29, 0.717) is 45.5 Å². The summed E-state index contributed by atoms with van der Waals surface area (Å²) in [5.74, 6) is 0.448. The number of hydrogen-bond donors (Lipinski definition) is 2. The molecule has 32 heavy (non-hydrogen) atoms. The lowest BCUT2D eigenvalue weighted by atomic mass is 10.1. The number of rotatable bonds is 5. The molecule has 0 aliphatic heterocycles. The summed E-state index contributed by atoms with van der Waals surface area (Å²) in [5, 5.41) is 3.99. The highest BCUT2D eigenvalue weighted by molar-refractivity contribution is 6.30. The number of aromatic nitrogens is 6. The van der Waals surface area contributed by atoms with Gasteiger partial charge in [0.05, 0.1) is 29.0 Å². The molecule has 0 saturated carbocycles. The first-order valence-corrected chi connectivity index (χ1v) is 10.3. The van der Waals surface area contributed by atoms with Gasteiger partial charge < -0.3 is 10.3 Å². The number of aromatic amines is 1. The molecule has 160 valence electrons. The lowest BCUT2D eigenvalue weighted by Crippen LogP contribution is -2.28. The molecule has 8 nitrogen and oxygen atoms in total. The molecule has 2 N–H and O–H groups in total. The van der Waals surface area contributed by atoms with E-state index < -0.39 is 11.9 Å². The number of hydrogen-bond acceptors (Lipinski definition) is 6. The predicted molar refractivity (Wildman–Crippen MR) is 121 cm³/mol. The molecule has 0 amide bonds. The van der Waals surface area contributed by atoms with Gasteiger partial charge in [-0.3, -0.25) is 9.36 Å². The minimum Gasteiger partial charge on any atom is -0.358 e. The largest absolute Gasteiger partial charge is 0.358 e. The second kappa shape index (κ2) is 8.01. The molecule has 0 bridgehead atoms. The first-order valence-electron chi connectivity index (χ1n) is 9.94. The molecule has 0 unspecified atom stereocenters. The van der Waals surface area contributed by atoms with Gasteiger partial charge in [-0.1, -0.05) is 24.6 Å². The maximum atomic E-state index is 13.9. The minimum atomic E-state index is -0.506. The Morgan fingerprint density at radius 2 is 2.06 bits per heavy atom. The van der Waals surface area contributed by atoms with E-state index in [9.17, 15) is 9.18 Å². The molecular weight excluding hydrogens is 433 g/mol. The molecule has 5 aromatic rings. The van der Waals surface area contributed by atoms with Crippen molar-refractivity contribution in [2.75, 3.05) is 5.32 Å². The van der Waals surface area contributed by atoms with Crippen molar-refractivity contribution in [1.29, 1.82) is 0 Å². The molecule has 0 aliphatic carbocycles. The summed E-state index contributed by atoms with van der Waals surface area (Å²) in [6.07, 6.45) is 3.54. The highest BCUT2D eigenvalue weighted by Gasteiger charge is 2.22. The molecule has 3 heterocycles. The van der Waals surface area contributed by atoms with Gasteiger partial charge >= 0.3 is 0 Å². The van der Waals surface area contributed by atoms with Gasteiger partial charge in [0.15, 0.2) is 11.5 Å². The number of anilines is 1. The summed E-state index contributed by atoms with van der Waals surface area (Å²) in [5.41, 5.74) is 1.71. The highest BCUT2D eigenvalue weighted by Crippen LogP contribution is 2.26.